The van der Waals surface area contributed by atoms with Gasteiger partial charge < -0.3 is 32.5 Å². The lowest BCUT2D eigenvalue weighted by Crippen LogP contribution is -2.53. The highest BCUT2D eigenvalue weighted by molar-refractivity contribution is 7.98. The number of aliphatic carboxylic acids is 1. The number of rotatable bonds is 12. The number of thioether (sulfide) groups is 1. The summed E-state index contributed by atoms with van der Waals surface area (Å²) in [5.41, 5.74) is 10.4. The van der Waals surface area contributed by atoms with Gasteiger partial charge in [-0.05, 0) is 25.4 Å². The van der Waals surface area contributed by atoms with Gasteiger partial charge in [-0.25, -0.2) is 0 Å². The Morgan fingerprint density at radius 3 is 2.23 bits per heavy atom. The first kappa shape index (κ1) is 23.7. The second kappa shape index (κ2) is 12.1. The smallest absolute Gasteiger partial charge is 0.325 e. The average molecular weight is 391 g/mol. The second-order valence-corrected chi connectivity index (χ2v) is 6.45. The summed E-state index contributed by atoms with van der Waals surface area (Å²) in [6.45, 7) is 0.844. The Morgan fingerprint density at radius 2 is 1.73 bits per heavy atom. The standard InChI is InChI=1S/C14H25N5O6S/c1-7(14(24)25)18-13(23)9(3-4-26-2)19-11(21)6-17-12(22)8(15)5-10(16)20/h7-9H,3-6,15H2,1-2H3,(H2,16,20)(H,17,22)(H,18,23)(H,19,21)(H,24,25). The number of carbonyl (C=O) groups is 5. The topological polar surface area (TPSA) is 194 Å². The number of amides is 4. The van der Waals surface area contributed by atoms with E-state index in [1.807, 2.05) is 6.26 Å². The minimum absolute atomic E-state index is 0.278. The minimum Gasteiger partial charge on any atom is -0.480 e. The molecule has 12 heteroatoms. The van der Waals surface area contributed by atoms with E-state index in [1.165, 1.54) is 18.7 Å². The second-order valence-electron chi connectivity index (χ2n) is 5.46. The summed E-state index contributed by atoms with van der Waals surface area (Å²) in [7, 11) is 0. The molecule has 0 bridgehead atoms. The number of carboxylic acid groups (broad SMARTS) is 1. The Kier molecular flexibility index (Phi) is 11.0. The largest absolute Gasteiger partial charge is 0.480 e. The van der Waals surface area contributed by atoms with Crippen LogP contribution in [0.5, 0.6) is 0 Å². The van der Waals surface area contributed by atoms with Crippen molar-refractivity contribution in [3.8, 4) is 0 Å². The van der Waals surface area contributed by atoms with Crippen LogP contribution >= 0.6 is 11.8 Å². The van der Waals surface area contributed by atoms with E-state index >= 15 is 0 Å². The van der Waals surface area contributed by atoms with Gasteiger partial charge in [-0.3, -0.25) is 24.0 Å². The summed E-state index contributed by atoms with van der Waals surface area (Å²) < 4.78 is 0. The van der Waals surface area contributed by atoms with E-state index in [0.29, 0.717) is 5.75 Å². The van der Waals surface area contributed by atoms with E-state index < -0.39 is 54.3 Å². The first-order chi connectivity index (χ1) is 12.1. The van der Waals surface area contributed by atoms with E-state index in [2.05, 4.69) is 16.0 Å². The molecule has 0 aromatic rings. The van der Waals surface area contributed by atoms with Crippen LogP contribution < -0.4 is 27.4 Å². The van der Waals surface area contributed by atoms with Crippen LogP contribution in [0.15, 0.2) is 0 Å². The fourth-order valence-corrected chi connectivity index (χ4v) is 2.20. The lowest BCUT2D eigenvalue weighted by Gasteiger charge is -2.20. The highest BCUT2D eigenvalue weighted by atomic mass is 32.2. The van der Waals surface area contributed by atoms with Gasteiger partial charge >= 0.3 is 5.97 Å². The van der Waals surface area contributed by atoms with Crippen molar-refractivity contribution in [3.05, 3.63) is 0 Å². The summed E-state index contributed by atoms with van der Waals surface area (Å²) >= 11 is 1.45. The van der Waals surface area contributed by atoms with E-state index in [4.69, 9.17) is 16.6 Å². The highest BCUT2D eigenvalue weighted by Crippen LogP contribution is 2.02. The molecule has 8 N–H and O–H groups in total. The van der Waals surface area contributed by atoms with Crippen LogP contribution in [-0.2, 0) is 24.0 Å². The molecule has 0 saturated carbocycles. The number of carbonyl (C=O) groups excluding carboxylic acids is 4. The predicted octanol–water partition coefficient (Wildman–Crippen LogP) is -2.87. The molecule has 0 saturated heterocycles. The third-order valence-corrected chi connectivity index (χ3v) is 3.82. The van der Waals surface area contributed by atoms with Crippen LogP contribution in [0.4, 0.5) is 0 Å². The fraction of sp³-hybridized carbons (Fsp3) is 0.643. The van der Waals surface area contributed by atoms with Gasteiger partial charge in [0.05, 0.1) is 19.0 Å². The molecule has 0 rings (SSSR count). The van der Waals surface area contributed by atoms with Crippen molar-refractivity contribution in [1.82, 2.24) is 16.0 Å². The van der Waals surface area contributed by atoms with Crippen molar-refractivity contribution in [2.45, 2.75) is 37.9 Å². The SMILES string of the molecule is CSCCC(NC(=O)CNC(=O)C(N)CC(N)=O)C(=O)NC(C)C(=O)O. The van der Waals surface area contributed by atoms with Gasteiger partial charge in [-0.1, -0.05) is 0 Å². The van der Waals surface area contributed by atoms with Crippen molar-refractivity contribution in [1.29, 1.82) is 0 Å². The zero-order valence-corrected chi connectivity index (χ0v) is 15.4. The van der Waals surface area contributed by atoms with E-state index in [9.17, 15) is 24.0 Å². The highest BCUT2D eigenvalue weighted by Gasteiger charge is 2.24. The van der Waals surface area contributed by atoms with Gasteiger partial charge in [-0.2, -0.15) is 11.8 Å². The van der Waals surface area contributed by atoms with Crippen LogP contribution in [0, 0.1) is 0 Å². The molecule has 0 heterocycles. The summed E-state index contributed by atoms with van der Waals surface area (Å²) in [6, 6.07) is -3.23. The van der Waals surface area contributed by atoms with Gasteiger partial charge in [0, 0.05) is 0 Å². The summed E-state index contributed by atoms with van der Waals surface area (Å²) in [5.74, 6) is -3.44. The predicted molar refractivity (Wildman–Crippen MR) is 95.0 cm³/mol. The maximum atomic E-state index is 12.1. The maximum Gasteiger partial charge on any atom is 0.325 e. The van der Waals surface area contributed by atoms with Crippen LogP contribution in [0.1, 0.15) is 19.8 Å². The summed E-state index contributed by atoms with van der Waals surface area (Å²) in [6.07, 6.45) is 1.73. The Labute approximate surface area is 155 Å². The molecule has 0 fully saturated rings. The number of carboxylic acids is 1. The monoisotopic (exact) mass is 391 g/mol. The third-order valence-electron chi connectivity index (χ3n) is 3.17. The molecule has 0 radical (unpaired) electrons. The van der Waals surface area contributed by atoms with Crippen LogP contribution in [0.3, 0.4) is 0 Å². The molecule has 0 spiro atoms. The van der Waals surface area contributed by atoms with E-state index in [1.54, 1.807) is 0 Å². The third kappa shape index (κ3) is 9.84. The Balaban J connectivity index is 4.62. The molecule has 3 unspecified atom stereocenters. The van der Waals surface area contributed by atoms with Crippen molar-refractivity contribution in [3.63, 3.8) is 0 Å². The quantitative estimate of drug-likeness (QED) is 0.204. The molecule has 0 aromatic heterocycles. The average Bonchev–Trinajstić information content (AvgIpc) is 2.55. The molecule has 0 aliphatic heterocycles. The molecule has 0 aliphatic carbocycles. The molecular weight excluding hydrogens is 366 g/mol. The maximum absolute atomic E-state index is 12.1. The van der Waals surface area contributed by atoms with Gasteiger partial charge in [0.1, 0.15) is 12.1 Å². The zero-order valence-electron chi connectivity index (χ0n) is 14.6. The molecule has 148 valence electrons. The summed E-state index contributed by atoms with van der Waals surface area (Å²) in [4.78, 5) is 57.2. The molecule has 0 aromatic carbocycles. The van der Waals surface area contributed by atoms with Crippen LogP contribution in [0.2, 0.25) is 0 Å². The zero-order chi connectivity index (χ0) is 20.3. The fourth-order valence-electron chi connectivity index (χ4n) is 1.73. The number of nitrogens with one attached hydrogen (secondary N) is 3. The van der Waals surface area contributed by atoms with Crippen LogP contribution in [0.25, 0.3) is 0 Å². The number of hydrogen-bond donors (Lipinski definition) is 6. The lowest BCUT2D eigenvalue weighted by atomic mass is 10.2. The lowest BCUT2D eigenvalue weighted by molar-refractivity contribution is -0.141. The number of primary amides is 1. The van der Waals surface area contributed by atoms with Gasteiger partial charge in [0.15, 0.2) is 0 Å². The summed E-state index contributed by atoms with van der Waals surface area (Å²) in [5, 5.41) is 15.8. The molecule has 11 nitrogen and oxygen atoms in total. The van der Waals surface area contributed by atoms with Gasteiger partial charge in [-0.15, -0.1) is 0 Å². The minimum atomic E-state index is -1.20. The number of nitrogens with two attached hydrogens (primary N) is 2. The molecule has 3 atom stereocenters. The molecular formula is C14H25N5O6S. The van der Waals surface area contributed by atoms with Crippen molar-refractivity contribution in [2.75, 3.05) is 18.6 Å². The first-order valence-electron chi connectivity index (χ1n) is 7.71. The Hall–Kier alpha value is -2.34. The van der Waals surface area contributed by atoms with Crippen LogP contribution in [-0.4, -0.2) is 71.4 Å². The number of hydrogen-bond acceptors (Lipinski definition) is 7. The molecule has 0 aliphatic rings. The Morgan fingerprint density at radius 1 is 1.12 bits per heavy atom. The van der Waals surface area contributed by atoms with Crippen molar-refractivity contribution >= 4 is 41.4 Å². The van der Waals surface area contributed by atoms with Gasteiger partial charge in [0.25, 0.3) is 0 Å². The first-order valence-corrected chi connectivity index (χ1v) is 9.10. The Bertz CT molecular complexity index is 544. The van der Waals surface area contributed by atoms with E-state index in [-0.39, 0.29) is 12.8 Å². The van der Waals surface area contributed by atoms with Crippen molar-refractivity contribution < 1.29 is 29.1 Å². The molecule has 26 heavy (non-hydrogen) atoms. The molecule has 4 amide bonds. The van der Waals surface area contributed by atoms with Gasteiger partial charge in [0.2, 0.25) is 23.6 Å². The van der Waals surface area contributed by atoms with Crippen molar-refractivity contribution in [2.24, 2.45) is 11.5 Å². The van der Waals surface area contributed by atoms with E-state index in [0.717, 1.165) is 0 Å². The normalized spacial score (nSPS) is 13.8.